The molecule has 0 atom stereocenters. The number of hydrogen-bond acceptors (Lipinski definition) is 3. The highest BCUT2D eigenvalue weighted by atomic mass is 16.5. The van der Waals surface area contributed by atoms with Crippen LogP contribution in [0.5, 0.6) is 5.75 Å². The van der Waals surface area contributed by atoms with E-state index < -0.39 is 0 Å². The Bertz CT molecular complexity index is 311. The Morgan fingerprint density at radius 3 is 2.10 bits per heavy atom. The second kappa shape index (κ2) is 14.4. The molecule has 3 nitrogen and oxygen atoms in total. The minimum Gasteiger partial charge on any atom is -0.496 e. The Kier molecular flexibility index (Phi) is 13.6. The first-order chi connectivity index (χ1) is 9.79. The smallest absolute Gasteiger partial charge is 0.122 e. The van der Waals surface area contributed by atoms with Crippen molar-refractivity contribution >= 4 is 0 Å². The zero-order chi connectivity index (χ0) is 15.1. The van der Waals surface area contributed by atoms with E-state index in [1.54, 1.807) is 7.11 Å². The van der Waals surface area contributed by atoms with Crippen molar-refractivity contribution in [1.29, 1.82) is 0 Å². The van der Waals surface area contributed by atoms with Gasteiger partial charge in [-0.25, -0.2) is 0 Å². The van der Waals surface area contributed by atoms with Crippen molar-refractivity contribution in [1.82, 2.24) is 0 Å². The number of aryl methyl sites for hydroxylation is 1. The molecule has 116 valence electrons. The Labute approximate surface area is 123 Å². The largest absolute Gasteiger partial charge is 0.496 e. The molecule has 0 aliphatic carbocycles. The molecule has 0 radical (unpaired) electrons. The van der Waals surface area contributed by atoms with E-state index in [1.807, 2.05) is 12.1 Å². The first-order valence-corrected chi connectivity index (χ1v) is 7.63. The second-order valence-corrected chi connectivity index (χ2v) is 4.78. The third-order valence-corrected chi connectivity index (χ3v) is 3.09. The second-order valence-electron chi connectivity index (χ2n) is 4.78. The minimum atomic E-state index is -0.125. The van der Waals surface area contributed by atoms with Crippen LogP contribution in [0.4, 0.5) is 0 Å². The number of unbranched alkanes of at least 4 members (excludes halogenated alkanes) is 5. The summed E-state index contributed by atoms with van der Waals surface area (Å²) in [5.41, 5.74) is 1.35. The van der Waals surface area contributed by atoms with Crippen molar-refractivity contribution < 1.29 is 14.9 Å². The third kappa shape index (κ3) is 9.82. The van der Waals surface area contributed by atoms with Gasteiger partial charge in [-0.15, -0.1) is 0 Å². The van der Waals surface area contributed by atoms with E-state index in [2.05, 4.69) is 19.1 Å². The van der Waals surface area contributed by atoms with E-state index in [0.29, 0.717) is 0 Å². The quantitative estimate of drug-likeness (QED) is 0.681. The molecular weight excluding hydrogens is 252 g/mol. The van der Waals surface area contributed by atoms with Crippen molar-refractivity contribution in [2.45, 2.75) is 51.9 Å². The molecule has 0 aliphatic rings. The number of methoxy groups -OCH3 is 1. The van der Waals surface area contributed by atoms with E-state index >= 15 is 0 Å². The Morgan fingerprint density at radius 1 is 0.900 bits per heavy atom. The molecule has 0 aliphatic heterocycles. The van der Waals surface area contributed by atoms with Crippen molar-refractivity contribution in [2.24, 2.45) is 0 Å². The van der Waals surface area contributed by atoms with Gasteiger partial charge in [-0.2, -0.15) is 0 Å². The summed E-state index contributed by atoms with van der Waals surface area (Å²) in [4.78, 5) is 0. The highest BCUT2D eigenvalue weighted by Gasteiger charge is 2.00. The molecule has 0 spiro atoms. The number of aliphatic hydroxyl groups is 2. The number of benzene rings is 1. The van der Waals surface area contributed by atoms with Gasteiger partial charge in [-0.1, -0.05) is 57.2 Å². The standard InChI is InChI=1S/C15H24O.C2H6O2/c1-3-4-5-6-7-8-11-14-12-9-10-13-15(14)16-2;3-1-2-4/h9-10,12-13H,3-8,11H2,1-2H3;3-4H,1-2H2. The predicted octanol–water partition coefficient (Wildman–Crippen LogP) is 3.57. The average molecular weight is 282 g/mol. The normalized spacial score (nSPS) is 9.80. The molecule has 3 heteroatoms. The minimum absolute atomic E-state index is 0.125. The van der Waals surface area contributed by atoms with Crippen LogP contribution in [0.2, 0.25) is 0 Å². The maximum atomic E-state index is 7.62. The van der Waals surface area contributed by atoms with Crippen LogP contribution in [0.3, 0.4) is 0 Å². The van der Waals surface area contributed by atoms with Crippen LogP contribution >= 0.6 is 0 Å². The SMILES string of the molecule is CCCCCCCCc1ccccc1OC.OCCO. The van der Waals surface area contributed by atoms with Crippen LogP contribution in [-0.4, -0.2) is 30.5 Å². The summed E-state index contributed by atoms with van der Waals surface area (Å²) in [6.45, 7) is 2.01. The molecule has 20 heavy (non-hydrogen) atoms. The first-order valence-electron chi connectivity index (χ1n) is 7.63. The lowest BCUT2D eigenvalue weighted by molar-refractivity contribution is 0.186. The Morgan fingerprint density at radius 2 is 1.50 bits per heavy atom. The lowest BCUT2D eigenvalue weighted by Gasteiger charge is -2.07. The van der Waals surface area contributed by atoms with E-state index in [1.165, 1.54) is 44.1 Å². The number of aliphatic hydroxyl groups excluding tert-OH is 2. The van der Waals surface area contributed by atoms with Gasteiger partial charge in [-0.05, 0) is 24.5 Å². The number of rotatable bonds is 9. The lowest BCUT2D eigenvalue weighted by atomic mass is 10.0. The monoisotopic (exact) mass is 282 g/mol. The molecular formula is C17H30O3. The van der Waals surface area contributed by atoms with Crippen LogP contribution in [0, 0.1) is 0 Å². The topological polar surface area (TPSA) is 49.7 Å². The summed E-state index contributed by atoms with van der Waals surface area (Å²) >= 11 is 0. The van der Waals surface area contributed by atoms with E-state index in [-0.39, 0.29) is 13.2 Å². The molecule has 1 aromatic carbocycles. The van der Waals surface area contributed by atoms with Gasteiger partial charge in [0.1, 0.15) is 5.75 Å². The summed E-state index contributed by atoms with van der Waals surface area (Å²) < 4.78 is 5.34. The predicted molar refractivity (Wildman–Crippen MR) is 84.2 cm³/mol. The maximum absolute atomic E-state index is 7.62. The van der Waals surface area contributed by atoms with Crippen LogP contribution < -0.4 is 4.74 Å². The molecule has 0 heterocycles. The fourth-order valence-corrected chi connectivity index (χ4v) is 2.01. The fraction of sp³-hybridized carbons (Fsp3) is 0.647. The third-order valence-electron chi connectivity index (χ3n) is 3.09. The first kappa shape index (κ1) is 18.9. The van der Waals surface area contributed by atoms with Crippen LogP contribution in [0.1, 0.15) is 51.0 Å². The van der Waals surface area contributed by atoms with Gasteiger partial charge in [0.05, 0.1) is 20.3 Å². The van der Waals surface area contributed by atoms with Gasteiger partial charge in [0.15, 0.2) is 0 Å². The van der Waals surface area contributed by atoms with Crippen molar-refractivity contribution in [3.63, 3.8) is 0 Å². The molecule has 1 aromatic rings. The fourth-order valence-electron chi connectivity index (χ4n) is 2.01. The molecule has 1 rings (SSSR count). The van der Waals surface area contributed by atoms with E-state index in [4.69, 9.17) is 14.9 Å². The van der Waals surface area contributed by atoms with Gasteiger partial charge in [0.2, 0.25) is 0 Å². The molecule has 0 fully saturated rings. The zero-order valence-corrected chi connectivity index (χ0v) is 13.0. The molecule has 0 saturated heterocycles. The molecule has 2 N–H and O–H groups in total. The van der Waals surface area contributed by atoms with Gasteiger partial charge < -0.3 is 14.9 Å². The Balaban J connectivity index is 0.000000796. The maximum Gasteiger partial charge on any atom is 0.122 e. The zero-order valence-electron chi connectivity index (χ0n) is 13.0. The van der Waals surface area contributed by atoms with E-state index in [0.717, 1.165) is 12.2 Å². The van der Waals surface area contributed by atoms with Crippen molar-refractivity contribution in [3.05, 3.63) is 29.8 Å². The van der Waals surface area contributed by atoms with Gasteiger partial charge in [-0.3, -0.25) is 0 Å². The Hall–Kier alpha value is -1.06. The summed E-state index contributed by atoms with van der Waals surface area (Å²) in [5.74, 6) is 1.04. The lowest BCUT2D eigenvalue weighted by Crippen LogP contribution is -1.92. The van der Waals surface area contributed by atoms with Crippen LogP contribution in [-0.2, 0) is 6.42 Å². The van der Waals surface area contributed by atoms with Crippen molar-refractivity contribution in [2.75, 3.05) is 20.3 Å². The van der Waals surface area contributed by atoms with Crippen LogP contribution in [0.25, 0.3) is 0 Å². The number of para-hydroxylation sites is 1. The summed E-state index contributed by atoms with van der Waals surface area (Å²) in [6, 6.07) is 8.34. The molecule has 0 saturated carbocycles. The van der Waals surface area contributed by atoms with E-state index in [9.17, 15) is 0 Å². The number of hydrogen-bond donors (Lipinski definition) is 2. The summed E-state index contributed by atoms with van der Waals surface area (Å²) in [6.07, 6.45) is 9.25. The van der Waals surface area contributed by atoms with Gasteiger partial charge >= 0.3 is 0 Å². The molecule has 0 amide bonds. The molecule has 0 unspecified atom stereocenters. The highest BCUT2D eigenvalue weighted by molar-refractivity contribution is 5.33. The summed E-state index contributed by atoms with van der Waals surface area (Å²) in [5, 5.41) is 15.2. The van der Waals surface area contributed by atoms with Gasteiger partial charge in [0.25, 0.3) is 0 Å². The molecule has 0 aromatic heterocycles. The van der Waals surface area contributed by atoms with Crippen LogP contribution in [0.15, 0.2) is 24.3 Å². The number of ether oxygens (including phenoxy) is 1. The highest BCUT2D eigenvalue weighted by Crippen LogP contribution is 2.20. The van der Waals surface area contributed by atoms with Gasteiger partial charge in [0, 0.05) is 0 Å². The average Bonchev–Trinajstić information content (AvgIpc) is 2.51. The molecule has 0 bridgehead atoms. The summed E-state index contributed by atoms with van der Waals surface area (Å²) in [7, 11) is 1.75. The van der Waals surface area contributed by atoms with Crippen molar-refractivity contribution in [3.8, 4) is 5.75 Å².